The van der Waals surface area contributed by atoms with Crippen molar-refractivity contribution in [3.63, 3.8) is 0 Å². The Morgan fingerprint density at radius 3 is 2.50 bits per heavy atom. The number of rotatable bonds is 5. The van der Waals surface area contributed by atoms with Crippen molar-refractivity contribution < 1.29 is 22.6 Å². The van der Waals surface area contributed by atoms with Gasteiger partial charge in [-0.3, -0.25) is 0 Å². The molecule has 0 aliphatic heterocycles. The molecule has 7 heteroatoms. The Hall–Kier alpha value is -0.620. The molecular formula is C11H11BrClF3O2. The molecule has 0 aromatic heterocycles. The molecule has 0 spiro atoms. The highest BCUT2D eigenvalue weighted by atomic mass is 79.9. The summed E-state index contributed by atoms with van der Waals surface area (Å²) in [7, 11) is 1.40. The first-order valence-electron chi connectivity index (χ1n) is 4.99. The number of benzene rings is 1. The Morgan fingerprint density at radius 1 is 1.33 bits per heavy atom. The van der Waals surface area contributed by atoms with Gasteiger partial charge in [-0.15, -0.1) is 0 Å². The molecule has 0 saturated heterocycles. The Kier molecular flexibility index (Phi) is 5.59. The second-order valence-corrected chi connectivity index (χ2v) is 4.44. The molecule has 0 bridgehead atoms. The van der Waals surface area contributed by atoms with Gasteiger partial charge in [-0.1, -0.05) is 27.5 Å². The minimum atomic E-state index is -4.24. The van der Waals surface area contributed by atoms with Gasteiger partial charge in [0, 0.05) is 22.0 Å². The summed E-state index contributed by atoms with van der Waals surface area (Å²) in [5, 5.41) is 0.843. The van der Waals surface area contributed by atoms with E-state index in [1.54, 1.807) is 6.07 Å². The molecule has 0 N–H and O–H groups in total. The van der Waals surface area contributed by atoms with Crippen molar-refractivity contribution in [1.29, 1.82) is 0 Å². The molecule has 0 aliphatic carbocycles. The Bertz CT molecular complexity index is 385. The average Bonchev–Trinajstić information content (AvgIpc) is 2.28. The molecule has 0 heterocycles. The molecule has 0 amide bonds. The highest BCUT2D eigenvalue weighted by Crippen LogP contribution is 2.36. The third-order valence-corrected chi connectivity index (χ3v) is 2.91. The molecule has 0 radical (unpaired) electrons. The van der Waals surface area contributed by atoms with E-state index in [9.17, 15) is 13.2 Å². The molecule has 2 nitrogen and oxygen atoms in total. The summed E-state index contributed by atoms with van der Waals surface area (Å²) < 4.78 is 46.3. The van der Waals surface area contributed by atoms with Gasteiger partial charge in [-0.05, 0) is 6.07 Å². The monoisotopic (exact) mass is 346 g/mol. The van der Waals surface area contributed by atoms with E-state index in [4.69, 9.17) is 21.1 Å². The molecule has 18 heavy (non-hydrogen) atoms. The van der Waals surface area contributed by atoms with Crippen molar-refractivity contribution >= 4 is 27.5 Å². The summed E-state index contributed by atoms with van der Waals surface area (Å²) in [4.78, 5) is 0. The second-order valence-electron chi connectivity index (χ2n) is 3.44. The van der Waals surface area contributed by atoms with Crippen molar-refractivity contribution in [1.82, 2.24) is 0 Å². The minimum Gasteiger partial charge on any atom is -0.493 e. The maximum absolute atomic E-state index is 12.0. The highest BCUT2D eigenvalue weighted by Gasteiger charge is 2.27. The largest absolute Gasteiger partial charge is 0.493 e. The van der Waals surface area contributed by atoms with Gasteiger partial charge < -0.3 is 9.47 Å². The summed E-state index contributed by atoms with van der Waals surface area (Å²) in [6.45, 7) is -0.457. The molecule has 1 rings (SSSR count). The average molecular weight is 348 g/mol. The van der Waals surface area contributed by atoms with Gasteiger partial charge in [0.15, 0.2) is 11.5 Å². The van der Waals surface area contributed by atoms with Crippen LogP contribution >= 0.6 is 27.5 Å². The van der Waals surface area contributed by atoms with Crippen LogP contribution in [0.3, 0.4) is 0 Å². The SMILES string of the molecule is COc1cc(Cl)cc(CBr)c1OCCC(F)(F)F. The van der Waals surface area contributed by atoms with E-state index in [0.29, 0.717) is 21.7 Å². The van der Waals surface area contributed by atoms with Crippen LogP contribution < -0.4 is 9.47 Å². The summed E-state index contributed by atoms with van der Waals surface area (Å²) in [6.07, 6.45) is -5.26. The maximum Gasteiger partial charge on any atom is 0.392 e. The number of halogens is 5. The lowest BCUT2D eigenvalue weighted by molar-refractivity contribution is -0.139. The van der Waals surface area contributed by atoms with Gasteiger partial charge in [0.2, 0.25) is 0 Å². The zero-order chi connectivity index (χ0) is 13.8. The van der Waals surface area contributed by atoms with Gasteiger partial charge >= 0.3 is 6.18 Å². The van der Waals surface area contributed by atoms with E-state index < -0.39 is 19.2 Å². The fourth-order valence-corrected chi connectivity index (χ4v) is 1.95. The Morgan fingerprint density at radius 2 is 2.00 bits per heavy atom. The van der Waals surface area contributed by atoms with Gasteiger partial charge in [0.05, 0.1) is 20.1 Å². The highest BCUT2D eigenvalue weighted by molar-refractivity contribution is 9.08. The number of hydrogen-bond acceptors (Lipinski definition) is 2. The van der Waals surface area contributed by atoms with Gasteiger partial charge in [-0.2, -0.15) is 13.2 Å². The third-order valence-electron chi connectivity index (χ3n) is 2.09. The summed E-state index contributed by atoms with van der Waals surface area (Å²) >= 11 is 9.07. The van der Waals surface area contributed by atoms with Crippen molar-refractivity contribution in [2.45, 2.75) is 17.9 Å². The van der Waals surface area contributed by atoms with Crippen molar-refractivity contribution in [2.75, 3.05) is 13.7 Å². The normalized spacial score (nSPS) is 11.4. The van der Waals surface area contributed by atoms with E-state index >= 15 is 0 Å². The minimum absolute atomic E-state index is 0.281. The summed E-state index contributed by atoms with van der Waals surface area (Å²) in [6, 6.07) is 3.11. The Labute approximate surface area is 116 Å². The lowest BCUT2D eigenvalue weighted by Crippen LogP contribution is -2.13. The number of ether oxygens (including phenoxy) is 2. The fourth-order valence-electron chi connectivity index (χ4n) is 1.31. The quantitative estimate of drug-likeness (QED) is 0.726. The topological polar surface area (TPSA) is 18.5 Å². The van der Waals surface area contributed by atoms with Crippen LogP contribution in [0, 0.1) is 0 Å². The van der Waals surface area contributed by atoms with Crippen molar-refractivity contribution in [2.24, 2.45) is 0 Å². The smallest absolute Gasteiger partial charge is 0.392 e. The van der Waals surface area contributed by atoms with Gasteiger partial charge in [-0.25, -0.2) is 0 Å². The van der Waals surface area contributed by atoms with Gasteiger partial charge in [0.1, 0.15) is 0 Å². The van der Waals surface area contributed by atoms with Crippen LogP contribution in [0.25, 0.3) is 0 Å². The zero-order valence-corrected chi connectivity index (χ0v) is 11.8. The maximum atomic E-state index is 12.0. The standard InChI is InChI=1S/C11H11BrClF3O2/c1-17-9-5-8(13)4-7(6-12)10(9)18-3-2-11(14,15)16/h4-5H,2-3,6H2,1H3. The first-order chi connectivity index (χ1) is 8.37. The third kappa shape index (κ3) is 4.57. The molecule has 1 aromatic carbocycles. The number of alkyl halides is 4. The van der Waals surface area contributed by atoms with Crippen LogP contribution in [0.5, 0.6) is 11.5 Å². The Balaban J connectivity index is 2.86. The van der Waals surface area contributed by atoms with Crippen molar-refractivity contribution in [3.05, 3.63) is 22.7 Å². The predicted octanol–water partition coefficient (Wildman–Crippen LogP) is 4.57. The van der Waals surface area contributed by atoms with Crippen LogP contribution in [0.2, 0.25) is 5.02 Å². The predicted molar refractivity (Wildman–Crippen MR) is 66.8 cm³/mol. The van der Waals surface area contributed by atoms with Crippen molar-refractivity contribution in [3.8, 4) is 11.5 Å². The van der Waals surface area contributed by atoms with E-state index in [0.717, 1.165) is 0 Å². The molecule has 0 atom stereocenters. The fraction of sp³-hybridized carbons (Fsp3) is 0.455. The number of methoxy groups -OCH3 is 1. The van der Waals surface area contributed by atoms with Crippen LogP contribution in [-0.4, -0.2) is 19.9 Å². The lowest BCUT2D eigenvalue weighted by atomic mass is 10.2. The molecule has 0 fully saturated rings. The molecule has 1 aromatic rings. The van der Waals surface area contributed by atoms with Crippen LogP contribution in [0.15, 0.2) is 12.1 Å². The summed E-state index contributed by atoms with van der Waals surface area (Å²) in [5.74, 6) is 0.599. The molecule has 0 saturated carbocycles. The molecule has 0 unspecified atom stereocenters. The zero-order valence-electron chi connectivity index (χ0n) is 9.48. The summed E-state index contributed by atoms with van der Waals surface area (Å²) in [5.41, 5.74) is 0.640. The first kappa shape index (κ1) is 15.4. The van der Waals surface area contributed by atoms with Crippen LogP contribution in [0.1, 0.15) is 12.0 Å². The van der Waals surface area contributed by atoms with E-state index in [-0.39, 0.29) is 5.75 Å². The molecule has 0 aliphatic rings. The van der Waals surface area contributed by atoms with E-state index in [2.05, 4.69) is 15.9 Å². The van der Waals surface area contributed by atoms with E-state index in [1.807, 2.05) is 0 Å². The molecule has 102 valence electrons. The number of hydrogen-bond donors (Lipinski definition) is 0. The molecular weight excluding hydrogens is 336 g/mol. The van der Waals surface area contributed by atoms with Gasteiger partial charge in [0.25, 0.3) is 0 Å². The first-order valence-corrected chi connectivity index (χ1v) is 6.49. The van der Waals surface area contributed by atoms with Crippen LogP contribution in [-0.2, 0) is 5.33 Å². The second kappa shape index (κ2) is 6.52. The lowest BCUT2D eigenvalue weighted by Gasteiger charge is -2.15. The van der Waals surface area contributed by atoms with E-state index in [1.165, 1.54) is 13.2 Å². The van der Waals surface area contributed by atoms with Crippen LogP contribution in [0.4, 0.5) is 13.2 Å².